The van der Waals surface area contributed by atoms with Crippen molar-refractivity contribution in [2.24, 2.45) is 0 Å². The summed E-state index contributed by atoms with van der Waals surface area (Å²) in [5.74, 6) is 0.965. The van der Waals surface area contributed by atoms with Crippen molar-refractivity contribution in [3.8, 4) is 17.2 Å². The highest BCUT2D eigenvalue weighted by Crippen LogP contribution is 2.04. The van der Waals surface area contributed by atoms with Gasteiger partial charge in [0.05, 0.1) is 0 Å². The molecule has 0 saturated heterocycles. The van der Waals surface area contributed by atoms with Gasteiger partial charge in [-0.25, -0.2) is 0 Å². The van der Waals surface area contributed by atoms with E-state index in [4.69, 9.17) is 15.3 Å². The van der Waals surface area contributed by atoms with E-state index in [9.17, 15) is 0 Å². The van der Waals surface area contributed by atoms with Crippen LogP contribution < -0.4 is 0 Å². The highest BCUT2D eigenvalue weighted by Gasteiger charge is 1.76. The molecule has 0 aliphatic carbocycles. The van der Waals surface area contributed by atoms with Crippen molar-refractivity contribution >= 4 is 0 Å². The Balaban J connectivity index is 0. The van der Waals surface area contributed by atoms with E-state index in [1.165, 1.54) is 12.8 Å². The highest BCUT2D eigenvalue weighted by molar-refractivity contribution is 5.19. The van der Waals surface area contributed by atoms with Crippen LogP contribution in [0.4, 0.5) is 0 Å². The minimum Gasteiger partial charge on any atom is -0.508 e. The largest absolute Gasteiger partial charge is 0.508 e. The molecule has 0 spiro atoms. The van der Waals surface area contributed by atoms with Gasteiger partial charge in [-0.3, -0.25) is 0 Å². The lowest BCUT2D eigenvalue weighted by molar-refractivity contribution is 0.475. The molecule has 3 N–H and O–H groups in total. The number of benzene rings is 3. The monoisotopic (exact) mass is 370 g/mol. The summed E-state index contributed by atoms with van der Waals surface area (Å²) in [5, 5.41) is 25.9. The fourth-order valence-corrected chi connectivity index (χ4v) is 1.28. The number of aromatic hydroxyl groups is 3. The first-order valence-corrected chi connectivity index (χ1v) is 9.23. The molecule has 3 rings (SSSR count). The molecular weight excluding hydrogens is 336 g/mol. The fourth-order valence-electron chi connectivity index (χ4n) is 1.28. The SMILES string of the molecule is CCC.CCC.Oc1ccccc1.Oc1ccccc1.Oc1ccccc1. The Kier molecular flexibility index (Phi) is 20.5. The van der Waals surface area contributed by atoms with Crippen molar-refractivity contribution in [3.05, 3.63) is 91.0 Å². The van der Waals surface area contributed by atoms with E-state index in [1.54, 1.807) is 72.8 Å². The molecule has 0 unspecified atom stereocenters. The summed E-state index contributed by atoms with van der Waals surface area (Å²) in [7, 11) is 0. The van der Waals surface area contributed by atoms with E-state index in [-0.39, 0.29) is 0 Å². The van der Waals surface area contributed by atoms with E-state index in [0.29, 0.717) is 17.2 Å². The van der Waals surface area contributed by atoms with Gasteiger partial charge in [-0.2, -0.15) is 0 Å². The predicted octanol–water partition coefficient (Wildman–Crippen LogP) is 7.01. The quantitative estimate of drug-likeness (QED) is 0.399. The van der Waals surface area contributed by atoms with Gasteiger partial charge >= 0.3 is 0 Å². The number of hydrogen-bond donors (Lipinski definition) is 3. The Morgan fingerprint density at radius 3 is 0.630 bits per heavy atom. The number of rotatable bonds is 0. The molecule has 0 bridgehead atoms. The van der Waals surface area contributed by atoms with Gasteiger partial charge in [-0.15, -0.1) is 0 Å². The van der Waals surface area contributed by atoms with Crippen molar-refractivity contribution in [2.45, 2.75) is 40.5 Å². The van der Waals surface area contributed by atoms with Gasteiger partial charge in [0.15, 0.2) is 0 Å². The summed E-state index contributed by atoms with van der Waals surface area (Å²) in [6, 6.07) is 26.1. The second-order valence-electron chi connectivity index (χ2n) is 5.42. The van der Waals surface area contributed by atoms with Crippen LogP contribution in [-0.2, 0) is 0 Å². The molecule has 3 heteroatoms. The average molecular weight is 371 g/mol. The first-order valence-electron chi connectivity index (χ1n) is 9.23. The molecular formula is C24H34O3. The third-order valence-electron chi connectivity index (χ3n) is 2.27. The molecule has 0 heterocycles. The molecule has 0 fully saturated rings. The molecule has 0 aliphatic rings. The van der Waals surface area contributed by atoms with Gasteiger partial charge in [0.2, 0.25) is 0 Å². The van der Waals surface area contributed by atoms with E-state index < -0.39 is 0 Å². The van der Waals surface area contributed by atoms with Crippen LogP contribution >= 0.6 is 0 Å². The predicted molar refractivity (Wildman–Crippen MR) is 116 cm³/mol. The maximum Gasteiger partial charge on any atom is 0.115 e. The number of phenols is 3. The lowest BCUT2D eigenvalue weighted by atomic mass is 10.3. The zero-order valence-corrected chi connectivity index (χ0v) is 16.9. The van der Waals surface area contributed by atoms with Crippen LogP contribution in [0.25, 0.3) is 0 Å². The van der Waals surface area contributed by atoms with Gasteiger partial charge in [0.1, 0.15) is 17.2 Å². The van der Waals surface area contributed by atoms with E-state index in [0.717, 1.165) is 0 Å². The Labute approximate surface area is 164 Å². The van der Waals surface area contributed by atoms with Crippen LogP contribution in [0, 0.1) is 0 Å². The third kappa shape index (κ3) is 23.1. The average Bonchev–Trinajstić information content (AvgIpc) is 2.66. The molecule has 3 aromatic carbocycles. The Bertz CT molecular complexity index is 520. The van der Waals surface area contributed by atoms with Crippen molar-refractivity contribution in [1.82, 2.24) is 0 Å². The molecule has 0 amide bonds. The second-order valence-corrected chi connectivity index (χ2v) is 5.42. The van der Waals surface area contributed by atoms with Crippen LogP contribution in [0.5, 0.6) is 17.2 Å². The molecule has 148 valence electrons. The van der Waals surface area contributed by atoms with Crippen molar-refractivity contribution < 1.29 is 15.3 Å². The summed E-state index contributed by atoms with van der Waals surface area (Å²) in [6.07, 6.45) is 2.50. The standard InChI is InChI=1S/3C6H6O.2C3H8/c3*7-6-4-2-1-3-5-6;2*1-3-2/h3*1-5,7H;2*3H2,1-2H3. The molecule has 27 heavy (non-hydrogen) atoms. The molecule has 3 aromatic rings. The maximum absolute atomic E-state index is 8.63. The third-order valence-corrected chi connectivity index (χ3v) is 2.27. The summed E-state index contributed by atoms with van der Waals surface area (Å²) < 4.78 is 0. The van der Waals surface area contributed by atoms with E-state index >= 15 is 0 Å². The van der Waals surface area contributed by atoms with Gasteiger partial charge in [0.25, 0.3) is 0 Å². The molecule has 0 saturated carbocycles. The lowest BCUT2D eigenvalue weighted by Gasteiger charge is -1.82. The zero-order valence-electron chi connectivity index (χ0n) is 16.9. The molecule has 0 aliphatic heterocycles. The highest BCUT2D eigenvalue weighted by atomic mass is 16.3. The van der Waals surface area contributed by atoms with Crippen molar-refractivity contribution in [1.29, 1.82) is 0 Å². The number of hydrogen-bond acceptors (Lipinski definition) is 3. The van der Waals surface area contributed by atoms with Crippen molar-refractivity contribution in [2.75, 3.05) is 0 Å². The molecule has 0 atom stereocenters. The smallest absolute Gasteiger partial charge is 0.115 e. The topological polar surface area (TPSA) is 60.7 Å². The summed E-state index contributed by atoms with van der Waals surface area (Å²) in [6.45, 7) is 8.50. The Morgan fingerprint density at radius 2 is 0.556 bits per heavy atom. The van der Waals surface area contributed by atoms with Crippen LogP contribution in [0.15, 0.2) is 91.0 Å². The first kappa shape index (κ1) is 26.3. The van der Waals surface area contributed by atoms with Gasteiger partial charge < -0.3 is 15.3 Å². The van der Waals surface area contributed by atoms with E-state index in [2.05, 4.69) is 27.7 Å². The van der Waals surface area contributed by atoms with Crippen LogP contribution in [-0.4, -0.2) is 15.3 Å². The fraction of sp³-hybridized carbons (Fsp3) is 0.250. The molecule has 0 radical (unpaired) electrons. The van der Waals surface area contributed by atoms with Gasteiger partial charge in [0, 0.05) is 0 Å². The van der Waals surface area contributed by atoms with Gasteiger partial charge in [-0.05, 0) is 36.4 Å². The van der Waals surface area contributed by atoms with Crippen molar-refractivity contribution in [3.63, 3.8) is 0 Å². The normalized spacial score (nSPS) is 8.00. The summed E-state index contributed by atoms with van der Waals surface area (Å²) in [5.41, 5.74) is 0. The summed E-state index contributed by atoms with van der Waals surface area (Å²) >= 11 is 0. The second kappa shape index (κ2) is 21.1. The Morgan fingerprint density at radius 1 is 0.407 bits per heavy atom. The van der Waals surface area contributed by atoms with Crippen LogP contribution in [0.2, 0.25) is 0 Å². The van der Waals surface area contributed by atoms with Crippen LogP contribution in [0.3, 0.4) is 0 Å². The minimum absolute atomic E-state index is 0.322. The summed E-state index contributed by atoms with van der Waals surface area (Å²) in [4.78, 5) is 0. The Hall–Kier alpha value is -2.94. The molecule has 3 nitrogen and oxygen atoms in total. The maximum atomic E-state index is 8.63. The van der Waals surface area contributed by atoms with E-state index in [1.807, 2.05) is 18.2 Å². The number of phenolic OH excluding ortho intramolecular Hbond substituents is 3. The first-order chi connectivity index (χ1) is 13.0. The van der Waals surface area contributed by atoms with Crippen LogP contribution in [0.1, 0.15) is 40.5 Å². The number of para-hydroxylation sites is 3. The minimum atomic E-state index is 0.322. The van der Waals surface area contributed by atoms with Gasteiger partial charge in [-0.1, -0.05) is 95.1 Å². The lowest BCUT2D eigenvalue weighted by Crippen LogP contribution is -1.56. The molecule has 0 aromatic heterocycles. The zero-order chi connectivity index (χ0) is 20.8.